The first kappa shape index (κ1) is 18.8. The van der Waals surface area contributed by atoms with Gasteiger partial charge in [0.2, 0.25) is 0 Å². The average molecular weight is 409 g/mol. The third-order valence-corrected chi connectivity index (χ3v) is 5.37. The Morgan fingerprint density at radius 2 is 2.07 bits per heavy atom. The maximum absolute atomic E-state index is 13.8. The van der Waals surface area contributed by atoms with Crippen LogP contribution in [0.3, 0.4) is 0 Å². The molecular weight excluding hydrogens is 393 g/mol. The number of carbonyl (C=O) groups excluding carboxylic acids is 1. The van der Waals surface area contributed by atoms with Crippen LogP contribution in [0.4, 0.5) is 4.39 Å². The summed E-state index contributed by atoms with van der Waals surface area (Å²) in [6.07, 6.45) is 2.06. The number of carbonyl (C=O) groups is 1. The lowest BCUT2D eigenvalue weighted by Crippen LogP contribution is -2.34. The summed E-state index contributed by atoms with van der Waals surface area (Å²) in [5.41, 5.74) is -0.823. The van der Waals surface area contributed by atoms with Crippen LogP contribution in [0.1, 0.15) is 15.2 Å². The number of fused-ring (bicyclic) bond motifs is 1. The largest absolute Gasteiger partial charge is 0.506 e. The molecule has 0 saturated carbocycles. The Bertz CT molecular complexity index is 1250. The number of nitrogens with zero attached hydrogens (tertiary/aromatic N) is 2. The normalized spacial score (nSPS) is 10.9. The summed E-state index contributed by atoms with van der Waals surface area (Å²) < 4.78 is 14.9. The first-order chi connectivity index (χ1) is 14.1. The van der Waals surface area contributed by atoms with Gasteiger partial charge in [-0.05, 0) is 48.2 Å². The molecule has 6 nitrogen and oxygen atoms in total. The maximum atomic E-state index is 13.8. The molecule has 1 amide bonds. The van der Waals surface area contributed by atoms with Gasteiger partial charge in [-0.2, -0.15) is 0 Å². The SMILES string of the molecule is O=C(NCCc1cccs1)c1c(O)c2cccnc2n(-c2cccc(F)c2)c1=O. The highest BCUT2D eigenvalue weighted by atomic mass is 32.1. The Morgan fingerprint density at radius 1 is 1.21 bits per heavy atom. The molecule has 0 fully saturated rings. The summed E-state index contributed by atoms with van der Waals surface area (Å²) in [4.78, 5) is 31.1. The molecule has 4 aromatic rings. The Kier molecular flexibility index (Phi) is 5.09. The van der Waals surface area contributed by atoms with E-state index in [0.717, 1.165) is 9.44 Å². The van der Waals surface area contributed by atoms with Crippen LogP contribution >= 0.6 is 11.3 Å². The molecule has 0 aliphatic heterocycles. The number of halogens is 1. The van der Waals surface area contributed by atoms with E-state index < -0.39 is 28.6 Å². The number of benzene rings is 1. The molecule has 4 rings (SSSR count). The van der Waals surface area contributed by atoms with Crippen LogP contribution in [0.2, 0.25) is 0 Å². The van der Waals surface area contributed by atoms with E-state index >= 15 is 0 Å². The summed E-state index contributed by atoms with van der Waals surface area (Å²) in [5.74, 6) is -1.67. The van der Waals surface area contributed by atoms with Gasteiger partial charge in [0.15, 0.2) is 5.65 Å². The topological polar surface area (TPSA) is 84.2 Å². The molecular formula is C21H16FN3O3S. The number of aromatic hydroxyl groups is 1. The summed E-state index contributed by atoms with van der Waals surface area (Å²) in [6.45, 7) is 0.309. The van der Waals surface area contributed by atoms with E-state index in [1.807, 2.05) is 17.5 Å². The quantitative estimate of drug-likeness (QED) is 0.530. The molecule has 146 valence electrons. The molecule has 1 aromatic carbocycles. The summed E-state index contributed by atoms with van der Waals surface area (Å²) in [6, 6.07) is 12.4. The number of hydrogen-bond acceptors (Lipinski definition) is 5. The van der Waals surface area contributed by atoms with E-state index in [1.54, 1.807) is 23.5 Å². The molecule has 0 aliphatic carbocycles. The monoisotopic (exact) mass is 409 g/mol. The van der Waals surface area contributed by atoms with Gasteiger partial charge in [-0.25, -0.2) is 9.37 Å². The lowest BCUT2D eigenvalue weighted by atomic mass is 10.1. The molecule has 0 atom stereocenters. The standard InChI is InChI=1S/C21H16FN3O3S/c22-13-4-1-5-14(12-13)25-19-16(7-2-9-23-19)18(26)17(21(25)28)20(27)24-10-8-15-6-3-11-29-15/h1-7,9,11-12,26H,8,10H2,(H,24,27). The van der Waals surface area contributed by atoms with Gasteiger partial charge in [-0.3, -0.25) is 14.2 Å². The molecule has 0 saturated heterocycles. The summed E-state index contributed by atoms with van der Waals surface area (Å²) >= 11 is 1.57. The van der Waals surface area contributed by atoms with Gasteiger partial charge in [-0.1, -0.05) is 12.1 Å². The maximum Gasteiger partial charge on any atom is 0.273 e. The zero-order chi connectivity index (χ0) is 20.4. The van der Waals surface area contributed by atoms with Crippen molar-refractivity contribution in [3.05, 3.63) is 86.7 Å². The smallest absolute Gasteiger partial charge is 0.273 e. The van der Waals surface area contributed by atoms with E-state index in [1.165, 1.54) is 30.5 Å². The Morgan fingerprint density at radius 3 is 2.83 bits per heavy atom. The molecule has 0 aliphatic rings. The van der Waals surface area contributed by atoms with Crippen molar-refractivity contribution in [2.45, 2.75) is 6.42 Å². The summed E-state index contributed by atoms with van der Waals surface area (Å²) in [7, 11) is 0. The Labute approximate surface area is 168 Å². The zero-order valence-electron chi connectivity index (χ0n) is 15.1. The van der Waals surface area contributed by atoms with Crippen molar-refractivity contribution < 1.29 is 14.3 Å². The second-order valence-electron chi connectivity index (χ2n) is 6.30. The Balaban J connectivity index is 1.80. The van der Waals surface area contributed by atoms with Crippen molar-refractivity contribution in [2.24, 2.45) is 0 Å². The molecule has 0 radical (unpaired) electrons. The van der Waals surface area contributed by atoms with Gasteiger partial charge < -0.3 is 10.4 Å². The number of hydrogen-bond donors (Lipinski definition) is 2. The van der Waals surface area contributed by atoms with Crippen LogP contribution in [0.25, 0.3) is 16.7 Å². The van der Waals surface area contributed by atoms with Gasteiger partial charge >= 0.3 is 0 Å². The fraction of sp³-hybridized carbons (Fsp3) is 0.0952. The fourth-order valence-corrected chi connectivity index (χ4v) is 3.81. The lowest BCUT2D eigenvalue weighted by Gasteiger charge is -2.14. The number of pyridine rings is 2. The minimum Gasteiger partial charge on any atom is -0.506 e. The number of thiophene rings is 1. The molecule has 8 heteroatoms. The highest BCUT2D eigenvalue weighted by Gasteiger charge is 2.23. The van der Waals surface area contributed by atoms with Crippen LogP contribution in [-0.4, -0.2) is 27.1 Å². The number of nitrogens with one attached hydrogen (secondary N) is 1. The van der Waals surface area contributed by atoms with Crippen molar-refractivity contribution in [2.75, 3.05) is 6.54 Å². The van der Waals surface area contributed by atoms with Crippen LogP contribution in [-0.2, 0) is 6.42 Å². The van der Waals surface area contributed by atoms with Gasteiger partial charge in [0, 0.05) is 17.6 Å². The lowest BCUT2D eigenvalue weighted by molar-refractivity contribution is 0.0950. The number of amides is 1. The minimum absolute atomic E-state index is 0.135. The third-order valence-electron chi connectivity index (χ3n) is 4.44. The first-order valence-corrected chi connectivity index (χ1v) is 9.73. The van der Waals surface area contributed by atoms with Gasteiger partial charge in [-0.15, -0.1) is 11.3 Å². The van der Waals surface area contributed by atoms with E-state index in [2.05, 4.69) is 10.3 Å². The Hall–Kier alpha value is -3.52. The molecule has 3 heterocycles. The van der Waals surface area contributed by atoms with Crippen LogP contribution in [0.5, 0.6) is 5.75 Å². The third kappa shape index (κ3) is 3.62. The predicted octanol–water partition coefficient (Wildman–Crippen LogP) is 3.26. The van der Waals surface area contributed by atoms with E-state index in [4.69, 9.17) is 0 Å². The second-order valence-corrected chi connectivity index (χ2v) is 7.34. The van der Waals surface area contributed by atoms with Gasteiger partial charge in [0.1, 0.15) is 17.1 Å². The van der Waals surface area contributed by atoms with Crippen molar-refractivity contribution in [1.82, 2.24) is 14.9 Å². The zero-order valence-corrected chi connectivity index (χ0v) is 15.9. The van der Waals surface area contributed by atoms with E-state index in [-0.39, 0.29) is 16.7 Å². The summed E-state index contributed by atoms with van der Waals surface area (Å²) in [5, 5.41) is 15.5. The number of rotatable bonds is 5. The molecule has 0 spiro atoms. The fourth-order valence-electron chi connectivity index (χ4n) is 3.11. The minimum atomic E-state index is -0.770. The molecule has 0 unspecified atom stereocenters. The van der Waals surface area contributed by atoms with E-state index in [9.17, 15) is 19.1 Å². The molecule has 29 heavy (non-hydrogen) atoms. The molecule has 0 bridgehead atoms. The average Bonchev–Trinajstić information content (AvgIpc) is 3.22. The van der Waals surface area contributed by atoms with Crippen molar-refractivity contribution >= 4 is 28.3 Å². The van der Waals surface area contributed by atoms with Crippen LogP contribution in [0, 0.1) is 5.82 Å². The van der Waals surface area contributed by atoms with E-state index in [0.29, 0.717) is 13.0 Å². The van der Waals surface area contributed by atoms with Crippen LogP contribution < -0.4 is 10.9 Å². The number of aromatic nitrogens is 2. The van der Waals surface area contributed by atoms with Gasteiger partial charge in [0.25, 0.3) is 11.5 Å². The highest BCUT2D eigenvalue weighted by Crippen LogP contribution is 2.26. The van der Waals surface area contributed by atoms with Crippen LogP contribution in [0.15, 0.2) is 64.9 Å². The van der Waals surface area contributed by atoms with Crippen molar-refractivity contribution in [1.29, 1.82) is 0 Å². The second kappa shape index (κ2) is 7.84. The van der Waals surface area contributed by atoms with Crippen molar-refractivity contribution in [3.8, 4) is 11.4 Å². The van der Waals surface area contributed by atoms with Gasteiger partial charge in [0.05, 0.1) is 11.1 Å². The predicted molar refractivity (Wildman–Crippen MR) is 109 cm³/mol. The molecule has 3 aromatic heterocycles. The van der Waals surface area contributed by atoms with Crippen molar-refractivity contribution in [3.63, 3.8) is 0 Å². The first-order valence-electron chi connectivity index (χ1n) is 8.85. The molecule has 2 N–H and O–H groups in total. The highest BCUT2D eigenvalue weighted by molar-refractivity contribution is 7.09.